The second-order valence-electron chi connectivity index (χ2n) is 6.36. The van der Waals surface area contributed by atoms with Crippen molar-refractivity contribution >= 4 is 35.0 Å². The zero-order chi connectivity index (χ0) is 19.1. The highest BCUT2D eigenvalue weighted by Gasteiger charge is 2.16. The summed E-state index contributed by atoms with van der Waals surface area (Å²) in [5.41, 5.74) is 5.01. The van der Waals surface area contributed by atoms with Gasteiger partial charge in [-0.3, -0.25) is 9.59 Å². The van der Waals surface area contributed by atoms with E-state index in [0.717, 1.165) is 28.9 Å². The molecule has 0 spiro atoms. The Labute approximate surface area is 159 Å². The zero-order valence-corrected chi connectivity index (χ0v) is 16.6. The first-order valence-electron chi connectivity index (χ1n) is 8.77. The van der Waals surface area contributed by atoms with Crippen LogP contribution in [0.1, 0.15) is 30.5 Å². The van der Waals surface area contributed by atoms with E-state index in [2.05, 4.69) is 17.6 Å². The number of carbonyl (C=O) groups excluding carboxylic acids is 2. The lowest BCUT2D eigenvalue weighted by Crippen LogP contribution is -2.25. The molecule has 0 aliphatic rings. The van der Waals surface area contributed by atoms with E-state index in [4.69, 9.17) is 0 Å². The normalized spacial score (nSPS) is 11.7. The molecule has 0 fully saturated rings. The average Bonchev–Trinajstić information content (AvgIpc) is 2.62. The maximum Gasteiger partial charge on any atom is 0.237 e. The number of aryl methyl sites for hydroxylation is 3. The van der Waals surface area contributed by atoms with Crippen LogP contribution in [0.25, 0.3) is 0 Å². The number of benzene rings is 2. The zero-order valence-electron chi connectivity index (χ0n) is 15.8. The fourth-order valence-corrected chi connectivity index (χ4v) is 3.17. The van der Waals surface area contributed by atoms with Crippen LogP contribution in [0, 0.1) is 13.8 Å². The molecule has 2 amide bonds. The Morgan fingerprint density at radius 1 is 1.04 bits per heavy atom. The molecule has 2 aromatic rings. The highest BCUT2D eigenvalue weighted by atomic mass is 32.2. The van der Waals surface area contributed by atoms with Gasteiger partial charge in [0, 0.05) is 11.4 Å². The van der Waals surface area contributed by atoms with Crippen LogP contribution in [0.4, 0.5) is 11.4 Å². The fraction of sp³-hybridized carbons (Fsp3) is 0.333. The minimum Gasteiger partial charge on any atom is -0.325 e. The molecule has 0 radical (unpaired) electrons. The summed E-state index contributed by atoms with van der Waals surface area (Å²) < 4.78 is 0. The number of carbonyl (C=O) groups is 2. The third kappa shape index (κ3) is 5.92. The Hall–Kier alpha value is -2.27. The molecule has 2 aromatic carbocycles. The average molecular weight is 371 g/mol. The van der Waals surface area contributed by atoms with E-state index in [1.54, 1.807) is 0 Å². The third-order valence-corrected chi connectivity index (χ3v) is 5.26. The van der Waals surface area contributed by atoms with Crippen molar-refractivity contribution in [3.8, 4) is 0 Å². The minimum atomic E-state index is -0.316. The molecule has 1 atom stereocenters. The van der Waals surface area contributed by atoms with Crippen LogP contribution < -0.4 is 10.6 Å². The number of anilines is 2. The number of nitrogens with one attached hydrogen (secondary N) is 2. The van der Waals surface area contributed by atoms with Crippen molar-refractivity contribution in [2.24, 2.45) is 0 Å². The first-order chi connectivity index (χ1) is 12.4. The summed E-state index contributed by atoms with van der Waals surface area (Å²) in [5.74, 6) is 0.0317. The van der Waals surface area contributed by atoms with Gasteiger partial charge in [0.15, 0.2) is 0 Å². The van der Waals surface area contributed by atoms with Gasteiger partial charge in [0.1, 0.15) is 0 Å². The van der Waals surface area contributed by atoms with Gasteiger partial charge in [-0.05, 0) is 56.5 Å². The summed E-state index contributed by atoms with van der Waals surface area (Å²) in [6.07, 6.45) is 0.969. The van der Waals surface area contributed by atoms with E-state index in [0.29, 0.717) is 0 Å². The lowest BCUT2D eigenvalue weighted by atomic mass is 10.1. The predicted molar refractivity (Wildman–Crippen MR) is 111 cm³/mol. The van der Waals surface area contributed by atoms with E-state index >= 15 is 0 Å². The molecule has 0 heterocycles. The van der Waals surface area contributed by atoms with Crippen LogP contribution in [-0.2, 0) is 16.0 Å². The van der Waals surface area contributed by atoms with Gasteiger partial charge >= 0.3 is 0 Å². The molecule has 0 aliphatic heterocycles. The molecule has 0 unspecified atom stereocenters. The summed E-state index contributed by atoms with van der Waals surface area (Å²) in [7, 11) is 0. The van der Waals surface area contributed by atoms with E-state index in [1.165, 1.54) is 17.3 Å². The lowest BCUT2D eigenvalue weighted by Gasteiger charge is -2.14. The van der Waals surface area contributed by atoms with Gasteiger partial charge in [0.25, 0.3) is 0 Å². The lowest BCUT2D eigenvalue weighted by molar-refractivity contribution is -0.115. The highest BCUT2D eigenvalue weighted by Crippen LogP contribution is 2.19. The second kappa shape index (κ2) is 9.43. The topological polar surface area (TPSA) is 58.2 Å². The van der Waals surface area contributed by atoms with E-state index in [9.17, 15) is 9.59 Å². The third-order valence-electron chi connectivity index (χ3n) is 4.12. The van der Waals surface area contributed by atoms with Gasteiger partial charge < -0.3 is 10.6 Å². The van der Waals surface area contributed by atoms with Gasteiger partial charge in [-0.25, -0.2) is 0 Å². The summed E-state index contributed by atoms with van der Waals surface area (Å²) in [5, 5.41) is 5.48. The standard InChI is InChI=1S/C21H26N2O2S/c1-5-17-7-9-18(10-8-17)22-20(24)13-26-16(4)21(25)23-19-11-6-14(2)12-15(19)3/h6-12,16H,5,13H2,1-4H3,(H,22,24)(H,23,25)/t16-/m0/s1. The largest absolute Gasteiger partial charge is 0.325 e. The molecular formula is C21H26N2O2S. The van der Waals surface area contributed by atoms with Gasteiger partial charge in [-0.1, -0.05) is 36.8 Å². The SMILES string of the molecule is CCc1ccc(NC(=O)CS[C@@H](C)C(=O)Nc2ccc(C)cc2C)cc1. The van der Waals surface area contributed by atoms with Crippen LogP contribution in [0.2, 0.25) is 0 Å². The number of amides is 2. The quantitative estimate of drug-likeness (QED) is 0.751. The van der Waals surface area contributed by atoms with E-state index in [1.807, 2.05) is 63.2 Å². The summed E-state index contributed by atoms with van der Waals surface area (Å²) in [6, 6.07) is 13.7. The van der Waals surface area contributed by atoms with E-state index in [-0.39, 0.29) is 22.8 Å². The molecule has 2 N–H and O–H groups in total. The minimum absolute atomic E-state index is 0.0953. The van der Waals surface area contributed by atoms with Crippen LogP contribution in [-0.4, -0.2) is 22.8 Å². The van der Waals surface area contributed by atoms with Crippen LogP contribution >= 0.6 is 11.8 Å². The van der Waals surface area contributed by atoms with Gasteiger partial charge in [0.05, 0.1) is 11.0 Å². The number of thioether (sulfide) groups is 1. The smallest absolute Gasteiger partial charge is 0.237 e. The molecule has 2 rings (SSSR count). The molecule has 0 saturated heterocycles. The highest BCUT2D eigenvalue weighted by molar-refractivity contribution is 8.01. The number of hydrogen-bond donors (Lipinski definition) is 2. The molecular weight excluding hydrogens is 344 g/mol. The Morgan fingerprint density at radius 2 is 1.73 bits per heavy atom. The van der Waals surface area contributed by atoms with Crippen molar-refractivity contribution in [2.45, 2.75) is 39.4 Å². The first-order valence-corrected chi connectivity index (χ1v) is 9.82. The van der Waals surface area contributed by atoms with Crippen molar-refractivity contribution in [1.29, 1.82) is 0 Å². The van der Waals surface area contributed by atoms with Crippen molar-refractivity contribution in [3.05, 3.63) is 59.2 Å². The van der Waals surface area contributed by atoms with Crippen LogP contribution in [0.15, 0.2) is 42.5 Å². The Kier molecular flexibility index (Phi) is 7.27. The maximum atomic E-state index is 12.3. The first kappa shape index (κ1) is 20.0. The predicted octanol–water partition coefficient (Wildman–Crippen LogP) is 4.56. The Morgan fingerprint density at radius 3 is 2.35 bits per heavy atom. The molecule has 26 heavy (non-hydrogen) atoms. The molecule has 0 saturated carbocycles. The summed E-state index contributed by atoms with van der Waals surface area (Å²) in [4.78, 5) is 24.4. The molecule has 4 nitrogen and oxygen atoms in total. The molecule has 5 heteroatoms. The fourth-order valence-electron chi connectivity index (χ4n) is 2.49. The van der Waals surface area contributed by atoms with Crippen LogP contribution in [0.3, 0.4) is 0 Å². The number of hydrogen-bond acceptors (Lipinski definition) is 3. The van der Waals surface area contributed by atoms with Gasteiger partial charge in [-0.2, -0.15) is 0 Å². The van der Waals surface area contributed by atoms with Crippen LogP contribution in [0.5, 0.6) is 0 Å². The van der Waals surface area contributed by atoms with Gasteiger partial charge in [-0.15, -0.1) is 11.8 Å². The number of rotatable bonds is 7. The van der Waals surface area contributed by atoms with Crippen molar-refractivity contribution < 1.29 is 9.59 Å². The molecule has 0 bridgehead atoms. The monoisotopic (exact) mass is 370 g/mol. The molecule has 0 aromatic heterocycles. The molecule has 0 aliphatic carbocycles. The van der Waals surface area contributed by atoms with E-state index < -0.39 is 0 Å². The van der Waals surface area contributed by atoms with Crippen molar-refractivity contribution in [1.82, 2.24) is 0 Å². The van der Waals surface area contributed by atoms with Gasteiger partial charge in [0.2, 0.25) is 11.8 Å². The van der Waals surface area contributed by atoms with Crippen molar-refractivity contribution in [3.63, 3.8) is 0 Å². The summed E-state index contributed by atoms with van der Waals surface area (Å²) >= 11 is 1.32. The van der Waals surface area contributed by atoms with Crippen molar-refractivity contribution in [2.75, 3.05) is 16.4 Å². The second-order valence-corrected chi connectivity index (χ2v) is 7.69. The summed E-state index contributed by atoms with van der Waals surface area (Å²) in [6.45, 7) is 7.89. The molecule has 138 valence electrons. The Bertz CT molecular complexity index is 772. The Balaban J connectivity index is 1.81. The maximum absolute atomic E-state index is 12.3.